The molecule has 0 saturated carbocycles. The fraction of sp³-hybridized carbons (Fsp3) is 0.250. The Morgan fingerprint density at radius 1 is 1.39 bits per heavy atom. The Labute approximate surface area is 133 Å². The van der Waals surface area contributed by atoms with E-state index in [0.717, 1.165) is 23.6 Å². The number of aromatic nitrogens is 5. The van der Waals surface area contributed by atoms with Gasteiger partial charge in [-0.15, -0.1) is 0 Å². The summed E-state index contributed by atoms with van der Waals surface area (Å²) in [6.45, 7) is 2.00. The lowest BCUT2D eigenvalue weighted by atomic mass is 10.1. The third-order valence-electron chi connectivity index (χ3n) is 3.67. The monoisotopic (exact) mass is 310 g/mol. The number of nitrogens with one attached hydrogen (secondary N) is 2. The van der Waals surface area contributed by atoms with Gasteiger partial charge in [0.1, 0.15) is 18.0 Å². The Kier molecular flexibility index (Phi) is 4.18. The minimum atomic E-state index is -0.178. The Balaban J connectivity index is 1.80. The third kappa shape index (κ3) is 3.13. The van der Waals surface area contributed by atoms with Gasteiger partial charge in [-0.25, -0.2) is 9.97 Å². The minimum Gasteiger partial charge on any atom is -0.345 e. The van der Waals surface area contributed by atoms with Gasteiger partial charge in [0.05, 0.1) is 6.04 Å². The Bertz CT molecular complexity index is 793. The van der Waals surface area contributed by atoms with E-state index >= 15 is 0 Å². The van der Waals surface area contributed by atoms with Crippen molar-refractivity contribution in [3.63, 3.8) is 0 Å². The summed E-state index contributed by atoms with van der Waals surface area (Å²) < 4.78 is 1.67. The van der Waals surface area contributed by atoms with Crippen LogP contribution in [0.25, 0.3) is 11.4 Å². The first kappa shape index (κ1) is 15.0. The molecule has 0 fully saturated rings. The van der Waals surface area contributed by atoms with Gasteiger partial charge in [-0.3, -0.25) is 9.48 Å². The van der Waals surface area contributed by atoms with Gasteiger partial charge >= 0.3 is 0 Å². The number of benzene rings is 1. The van der Waals surface area contributed by atoms with E-state index in [4.69, 9.17) is 0 Å². The second-order valence-electron chi connectivity index (χ2n) is 5.19. The number of aromatic amines is 1. The van der Waals surface area contributed by atoms with Crippen LogP contribution in [-0.4, -0.2) is 30.6 Å². The van der Waals surface area contributed by atoms with E-state index in [9.17, 15) is 4.79 Å². The first-order valence-electron chi connectivity index (χ1n) is 7.43. The van der Waals surface area contributed by atoms with Crippen molar-refractivity contribution in [1.29, 1.82) is 0 Å². The van der Waals surface area contributed by atoms with Crippen LogP contribution < -0.4 is 5.32 Å². The number of nitrogens with zero attached hydrogens (tertiary/aromatic N) is 4. The molecule has 1 amide bonds. The second kappa shape index (κ2) is 6.43. The highest BCUT2D eigenvalue weighted by molar-refractivity contribution is 5.95. The number of H-pyrrole nitrogens is 1. The maximum atomic E-state index is 12.5. The fourth-order valence-electron chi connectivity index (χ4n) is 2.44. The fourth-order valence-corrected chi connectivity index (χ4v) is 2.44. The van der Waals surface area contributed by atoms with Gasteiger partial charge in [0.15, 0.2) is 0 Å². The summed E-state index contributed by atoms with van der Waals surface area (Å²) in [5, 5.41) is 7.06. The SMILES string of the molecule is CC[C@@H](NC(=O)c1cccc(-c2ncc[nH]2)c1)c1ncnn1C. The van der Waals surface area contributed by atoms with Crippen LogP contribution in [0.2, 0.25) is 0 Å². The van der Waals surface area contributed by atoms with Crippen LogP contribution in [0, 0.1) is 0 Å². The molecule has 0 aliphatic carbocycles. The summed E-state index contributed by atoms with van der Waals surface area (Å²) in [6, 6.07) is 7.18. The van der Waals surface area contributed by atoms with Crippen molar-refractivity contribution in [2.24, 2.45) is 7.05 Å². The number of carbonyl (C=O) groups excluding carboxylic acids is 1. The van der Waals surface area contributed by atoms with Crippen molar-refractivity contribution < 1.29 is 4.79 Å². The smallest absolute Gasteiger partial charge is 0.251 e. The van der Waals surface area contributed by atoms with Crippen molar-refractivity contribution >= 4 is 5.91 Å². The molecule has 3 aromatic rings. The van der Waals surface area contributed by atoms with Crippen molar-refractivity contribution in [2.45, 2.75) is 19.4 Å². The van der Waals surface area contributed by atoms with E-state index in [2.05, 4.69) is 25.4 Å². The summed E-state index contributed by atoms with van der Waals surface area (Å²) in [6.07, 6.45) is 5.66. The molecule has 0 saturated heterocycles. The van der Waals surface area contributed by atoms with E-state index < -0.39 is 0 Å². The van der Waals surface area contributed by atoms with Crippen molar-refractivity contribution in [3.05, 3.63) is 54.4 Å². The zero-order valence-corrected chi connectivity index (χ0v) is 13.0. The molecule has 7 heteroatoms. The molecule has 7 nitrogen and oxygen atoms in total. The standard InChI is InChI=1S/C16H18N6O/c1-3-13(15-19-10-20-22(15)2)21-16(23)12-6-4-5-11(9-12)14-17-7-8-18-14/h4-10,13H,3H2,1-2H3,(H,17,18)(H,21,23)/t13-/m1/s1. The van der Waals surface area contributed by atoms with Gasteiger partial charge in [0.25, 0.3) is 5.91 Å². The van der Waals surface area contributed by atoms with Crippen LogP contribution in [0.3, 0.4) is 0 Å². The largest absolute Gasteiger partial charge is 0.345 e. The number of amides is 1. The number of imidazole rings is 1. The van der Waals surface area contributed by atoms with Crippen LogP contribution in [0.4, 0.5) is 0 Å². The highest BCUT2D eigenvalue weighted by Crippen LogP contribution is 2.18. The van der Waals surface area contributed by atoms with Crippen LogP contribution >= 0.6 is 0 Å². The number of aryl methyl sites for hydroxylation is 1. The molecule has 0 unspecified atom stereocenters. The van der Waals surface area contributed by atoms with Crippen molar-refractivity contribution in [1.82, 2.24) is 30.0 Å². The summed E-state index contributed by atoms with van der Waals surface area (Å²) in [5.74, 6) is 1.33. The zero-order valence-electron chi connectivity index (χ0n) is 13.0. The normalized spacial score (nSPS) is 12.1. The number of hydrogen-bond donors (Lipinski definition) is 2. The molecule has 23 heavy (non-hydrogen) atoms. The molecule has 3 rings (SSSR count). The van der Waals surface area contributed by atoms with Gasteiger partial charge < -0.3 is 10.3 Å². The van der Waals surface area contributed by atoms with Crippen molar-refractivity contribution in [3.8, 4) is 11.4 Å². The predicted molar refractivity (Wildman–Crippen MR) is 85.5 cm³/mol. The quantitative estimate of drug-likeness (QED) is 0.755. The highest BCUT2D eigenvalue weighted by atomic mass is 16.1. The summed E-state index contributed by atoms with van der Waals surface area (Å²) in [5.41, 5.74) is 1.45. The lowest BCUT2D eigenvalue weighted by molar-refractivity contribution is 0.0933. The van der Waals surface area contributed by atoms with E-state index in [0.29, 0.717) is 5.56 Å². The average molecular weight is 310 g/mol. The molecule has 0 spiro atoms. The Morgan fingerprint density at radius 2 is 2.26 bits per heavy atom. The number of rotatable bonds is 5. The molecular weight excluding hydrogens is 292 g/mol. The lowest BCUT2D eigenvalue weighted by Crippen LogP contribution is -2.30. The maximum Gasteiger partial charge on any atom is 0.251 e. The van der Waals surface area contributed by atoms with Crippen molar-refractivity contribution in [2.75, 3.05) is 0 Å². The van der Waals surface area contributed by atoms with Crippen LogP contribution in [-0.2, 0) is 7.05 Å². The summed E-state index contributed by atoms with van der Waals surface area (Å²) in [7, 11) is 1.81. The van der Waals surface area contributed by atoms with Crippen LogP contribution in [0.1, 0.15) is 35.6 Å². The molecule has 118 valence electrons. The molecule has 1 atom stereocenters. The average Bonchev–Trinajstić information content (AvgIpc) is 3.24. The number of hydrogen-bond acceptors (Lipinski definition) is 4. The van der Waals surface area contributed by atoms with Gasteiger partial charge in [-0.1, -0.05) is 19.1 Å². The molecule has 0 aliphatic heterocycles. The summed E-state index contributed by atoms with van der Waals surface area (Å²) >= 11 is 0. The minimum absolute atomic E-state index is 0.145. The van der Waals surface area contributed by atoms with Gasteiger partial charge in [-0.2, -0.15) is 5.10 Å². The first-order valence-corrected chi connectivity index (χ1v) is 7.43. The molecule has 0 aliphatic rings. The molecule has 2 aromatic heterocycles. The van der Waals surface area contributed by atoms with E-state index in [1.165, 1.54) is 6.33 Å². The molecule has 0 bridgehead atoms. The number of carbonyl (C=O) groups is 1. The lowest BCUT2D eigenvalue weighted by Gasteiger charge is -2.16. The topological polar surface area (TPSA) is 88.5 Å². The predicted octanol–water partition coefficient (Wildman–Crippen LogP) is 2.09. The third-order valence-corrected chi connectivity index (χ3v) is 3.67. The molecule has 0 radical (unpaired) electrons. The molecule has 2 heterocycles. The van der Waals surface area contributed by atoms with Gasteiger partial charge in [-0.05, 0) is 18.6 Å². The summed E-state index contributed by atoms with van der Waals surface area (Å²) in [4.78, 5) is 24.0. The van der Waals surface area contributed by atoms with Gasteiger partial charge in [0, 0.05) is 30.6 Å². The van der Waals surface area contributed by atoms with E-state index in [1.54, 1.807) is 23.1 Å². The van der Waals surface area contributed by atoms with E-state index in [-0.39, 0.29) is 11.9 Å². The Hall–Kier alpha value is -2.96. The van der Waals surface area contributed by atoms with Crippen LogP contribution in [0.5, 0.6) is 0 Å². The second-order valence-corrected chi connectivity index (χ2v) is 5.19. The molecule has 2 N–H and O–H groups in total. The highest BCUT2D eigenvalue weighted by Gasteiger charge is 2.18. The zero-order chi connectivity index (χ0) is 16.2. The maximum absolute atomic E-state index is 12.5. The van der Waals surface area contributed by atoms with E-state index in [1.807, 2.05) is 32.2 Å². The van der Waals surface area contributed by atoms with Crippen LogP contribution in [0.15, 0.2) is 43.0 Å². The van der Waals surface area contributed by atoms with Gasteiger partial charge in [0.2, 0.25) is 0 Å². The first-order chi connectivity index (χ1) is 11.2. The Morgan fingerprint density at radius 3 is 2.91 bits per heavy atom. The molecular formula is C16H18N6O. The molecule has 1 aromatic carbocycles.